The molecule has 10 aliphatic heterocycles. The molecule has 90 valence electrons. The summed E-state index contributed by atoms with van der Waals surface area (Å²) in [6.07, 6.45) is 1.35. The molecule has 10 rings (SSSR count). The van der Waals surface area contributed by atoms with Crippen LogP contribution in [-0.2, 0) is 16.0 Å². The quantitative estimate of drug-likeness (QED) is 0.446. The number of rotatable bonds is 3. The molecule has 0 saturated carbocycles. The van der Waals surface area contributed by atoms with Crippen molar-refractivity contribution < 1.29 is 16.0 Å². The molecule has 0 radical (unpaired) electrons. The van der Waals surface area contributed by atoms with E-state index in [9.17, 15) is 4.79 Å². The van der Waals surface area contributed by atoms with Crippen molar-refractivity contribution in [2.75, 3.05) is 6.61 Å². The van der Waals surface area contributed by atoms with Crippen LogP contribution in [0.5, 0.6) is 0 Å². The van der Waals surface area contributed by atoms with Crippen molar-refractivity contribution in [3.63, 3.8) is 0 Å². The first-order valence-corrected chi connectivity index (χ1v) is 13.3. The van der Waals surface area contributed by atoms with Gasteiger partial charge in [0, 0.05) is 0 Å². The average Bonchev–Trinajstić information content (AvgIpc) is 3.27. The molecule has 0 N–H and O–H groups in total. The minimum atomic E-state index is -2.94. The molecule has 4 atom stereocenters. The van der Waals surface area contributed by atoms with Gasteiger partial charge in [-0.25, -0.2) is 0 Å². The van der Waals surface area contributed by atoms with Crippen molar-refractivity contribution >= 4 is 5.97 Å². The summed E-state index contributed by atoms with van der Waals surface area (Å²) >= 11 is 0. The van der Waals surface area contributed by atoms with Crippen LogP contribution in [-0.4, -0.2) is 12.6 Å². The zero-order valence-corrected chi connectivity index (χ0v) is 10.5. The van der Waals surface area contributed by atoms with Gasteiger partial charge in [-0.15, -0.1) is 0 Å². The number of esters is 1. The Labute approximate surface area is 89.1 Å². The first kappa shape index (κ1) is 6.25. The predicted octanol–water partition coefficient (Wildman–Crippen LogP) is 3.47. The van der Waals surface area contributed by atoms with E-state index in [0.717, 1.165) is 10.9 Å². The van der Waals surface area contributed by atoms with Gasteiger partial charge in [-0.3, -0.25) is 0 Å². The summed E-state index contributed by atoms with van der Waals surface area (Å²) in [5, 5.41) is 0. The topological polar surface area (TPSA) is 26.3 Å². The van der Waals surface area contributed by atoms with Crippen molar-refractivity contribution in [2.24, 2.45) is 0 Å². The van der Waals surface area contributed by atoms with Crippen LogP contribution < -0.4 is 0 Å². The van der Waals surface area contributed by atoms with Gasteiger partial charge in [0.1, 0.15) is 0 Å². The van der Waals surface area contributed by atoms with E-state index in [1.54, 1.807) is 0 Å². The van der Waals surface area contributed by atoms with Gasteiger partial charge in [-0.2, -0.15) is 0 Å². The van der Waals surface area contributed by atoms with Crippen LogP contribution in [0.2, 0.25) is 47.7 Å². The van der Waals surface area contributed by atoms with E-state index >= 15 is 0 Å². The fourth-order valence-electron chi connectivity index (χ4n) is 17.3. The van der Waals surface area contributed by atoms with E-state index in [1.165, 1.54) is 49.4 Å². The second kappa shape index (κ2) is 0.487. The van der Waals surface area contributed by atoms with Crippen molar-refractivity contribution in [3.05, 3.63) is 12.7 Å². The zero-order chi connectivity index (χ0) is 10.7. The third-order valence-corrected chi connectivity index (χ3v) is 58.5. The fraction of sp³-hybridized carbons (Fsp3) is 0.786. The first-order valence-electron chi connectivity index (χ1n) is 7.01. The van der Waals surface area contributed by atoms with Crippen LogP contribution in [0.25, 0.3) is 0 Å². The molecule has 0 aromatic heterocycles. The molecule has 0 amide bonds. The Morgan fingerprint density at radius 2 is 1.65 bits per heavy atom. The maximum atomic E-state index is 11.4. The maximum absolute atomic E-state index is 11.4. The summed E-state index contributed by atoms with van der Waals surface area (Å²) in [7, 11) is 0. The Kier molecular flexibility index (Phi) is 0.179. The average molecular weight is 270 g/mol. The van der Waals surface area contributed by atoms with Gasteiger partial charge in [0.15, 0.2) is 0 Å². The number of hydrogen-bond donors (Lipinski definition) is 0. The van der Waals surface area contributed by atoms with Crippen LogP contribution in [0.1, 0.15) is 0 Å². The second-order valence-corrected chi connectivity index (χ2v) is 34.3. The predicted molar refractivity (Wildman–Crippen MR) is 57.6 cm³/mol. The summed E-state index contributed by atoms with van der Waals surface area (Å²) in [5.74, 6) is -0.166. The van der Waals surface area contributed by atoms with Crippen molar-refractivity contribution in [1.82, 2.24) is 0 Å². The van der Waals surface area contributed by atoms with Gasteiger partial charge in [0.05, 0.1) is 0 Å². The van der Waals surface area contributed by atoms with Gasteiger partial charge >= 0.3 is 88.9 Å². The van der Waals surface area contributed by atoms with E-state index < -0.39 is 6.51 Å². The fourth-order valence-corrected chi connectivity index (χ4v) is 91.8. The van der Waals surface area contributed by atoms with Crippen molar-refractivity contribution in [2.45, 2.75) is 47.7 Å². The van der Waals surface area contributed by atoms with E-state index in [4.69, 9.17) is 4.74 Å². The van der Waals surface area contributed by atoms with Crippen LogP contribution in [0.3, 0.4) is 0 Å². The van der Waals surface area contributed by atoms with Gasteiger partial charge in [0.25, 0.3) is 0 Å². The van der Waals surface area contributed by atoms with Gasteiger partial charge in [0.2, 0.25) is 0 Å². The van der Waals surface area contributed by atoms with E-state index in [0.29, 0.717) is 0 Å². The number of ether oxygens (including phenoxy) is 1. The molecule has 10 fully saturated rings. The van der Waals surface area contributed by atoms with Crippen LogP contribution in [0, 0.1) is 0 Å². The Morgan fingerprint density at radius 3 is 1.94 bits per heavy atom. The zero-order valence-electron chi connectivity index (χ0n) is 9.36. The summed E-state index contributed by atoms with van der Waals surface area (Å²) in [4.78, 5) is 23.3. The normalized spacial score (nSPS) is 118. The summed E-state index contributed by atoms with van der Waals surface area (Å²) in [6.45, 7) is 1.44. The van der Waals surface area contributed by atoms with Crippen molar-refractivity contribution in [3.8, 4) is 0 Å². The van der Waals surface area contributed by atoms with Gasteiger partial charge in [-0.05, 0) is 0 Å². The number of hydrogen-bond acceptors (Lipinski definition) is 2. The van der Waals surface area contributed by atoms with Gasteiger partial charge in [-0.1, -0.05) is 0 Å². The molecule has 0 aliphatic carbocycles. The molecule has 10 saturated heterocycles. The molecule has 10 heterocycles. The molecule has 2 nitrogen and oxygen atoms in total. The molecule has 17 heavy (non-hydrogen) atoms. The molecule has 4 unspecified atom stereocenters. The number of carbonyl (C=O) groups is 1. The molecule has 0 bridgehead atoms. The Hall–Kier alpha value is -0.271. The van der Waals surface area contributed by atoms with Crippen LogP contribution in [0.4, 0.5) is 0 Å². The van der Waals surface area contributed by atoms with Crippen molar-refractivity contribution in [1.29, 1.82) is 0 Å². The Morgan fingerprint density at radius 1 is 1.12 bits per heavy atom. The monoisotopic (exact) mass is 270 g/mol. The van der Waals surface area contributed by atoms with E-state index in [1.807, 2.05) is 0 Å². The van der Waals surface area contributed by atoms with Crippen LogP contribution >= 0.6 is 0 Å². The summed E-state index contributed by atoms with van der Waals surface area (Å²) < 4.78 is 6.33. The minimum absolute atomic E-state index is 0.166. The third-order valence-electron chi connectivity index (χ3n) is 15.6. The molecular formula is C14H14FeO2. The van der Waals surface area contributed by atoms with E-state index in [2.05, 4.69) is 6.58 Å². The van der Waals surface area contributed by atoms with Crippen LogP contribution in [0.15, 0.2) is 12.7 Å². The number of carbonyl (C=O) groups excluding carboxylic acids is 1. The molecular weight excluding hydrogens is 256 g/mol. The van der Waals surface area contributed by atoms with Gasteiger partial charge < -0.3 is 0 Å². The molecule has 0 aromatic rings. The number of fused-ring (bicyclic) bond motifs is 10. The molecule has 10 aliphatic rings. The summed E-state index contributed by atoms with van der Waals surface area (Å²) in [5.41, 5.74) is 0. The summed E-state index contributed by atoms with van der Waals surface area (Å²) in [6, 6.07) is 0. The first-order chi connectivity index (χ1) is 8.00. The molecule has 0 aromatic carbocycles. The van der Waals surface area contributed by atoms with E-state index in [-0.39, 0.29) is 5.97 Å². The molecule has 1 spiro atoms. The SMILES string of the molecule is C=CC(=O)OC[C]12[CH]3[CH]4[CH]5[CH]1[Fe]45321678[CH]2[CH]1[CH]6[CH]7[CH]28. The molecule has 3 heteroatoms. The standard InChI is InChI=1S/C9H9O2.C5H5.Fe/c1-2-9(10)11-7-8-5-3-4-6-8;1-2-4-5-3-1;/h2-6H,1,7H2;1-5H;. The second-order valence-electron chi connectivity index (χ2n) is 10.6. The Bertz CT molecular complexity index is 925. The third kappa shape index (κ3) is 0.0609. The Balaban J connectivity index is 1.42.